The minimum absolute atomic E-state index is 0.270. The number of aryl methyl sites for hydroxylation is 1. The van der Waals surface area contributed by atoms with Crippen molar-refractivity contribution in [1.82, 2.24) is 9.78 Å². The molecule has 1 aromatic rings. The summed E-state index contributed by atoms with van der Waals surface area (Å²) in [5, 5.41) is 12.5. The van der Waals surface area contributed by atoms with E-state index in [1.807, 2.05) is 0 Å². The minimum Gasteiger partial charge on any atom is -0.480 e. The monoisotopic (exact) mass is 247 g/mol. The first-order valence-corrected chi connectivity index (χ1v) is 4.46. The normalized spacial score (nSPS) is 12.8. The highest BCUT2D eigenvalue weighted by atomic mass is 79.9. The largest absolute Gasteiger partial charge is 0.480 e. The van der Waals surface area contributed by atoms with Gasteiger partial charge in [0.25, 0.3) is 0 Å². The van der Waals surface area contributed by atoms with E-state index in [1.54, 1.807) is 17.9 Å². The molecule has 0 aliphatic rings. The predicted molar refractivity (Wildman–Crippen MR) is 50.2 cm³/mol. The van der Waals surface area contributed by atoms with Crippen LogP contribution in [0.2, 0.25) is 0 Å². The Balaban J connectivity index is 2.79. The van der Waals surface area contributed by atoms with Crippen molar-refractivity contribution in [2.75, 3.05) is 0 Å². The highest BCUT2D eigenvalue weighted by Gasteiger charge is 2.16. The van der Waals surface area contributed by atoms with Crippen molar-refractivity contribution in [3.05, 3.63) is 16.4 Å². The second-order valence-corrected chi connectivity index (χ2v) is 3.57. The fourth-order valence-corrected chi connectivity index (χ4v) is 1.47. The van der Waals surface area contributed by atoms with Crippen LogP contribution in [-0.2, 0) is 18.3 Å². The maximum Gasteiger partial charge on any atom is 0.320 e. The molecule has 0 unspecified atom stereocenters. The molecule has 0 amide bonds. The highest BCUT2D eigenvalue weighted by Crippen LogP contribution is 2.16. The van der Waals surface area contributed by atoms with Gasteiger partial charge in [0.15, 0.2) is 0 Å². The van der Waals surface area contributed by atoms with Gasteiger partial charge in [0.05, 0.1) is 16.4 Å². The third kappa shape index (κ3) is 2.28. The first-order chi connectivity index (χ1) is 6.02. The summed E-state index contributed by atoms with van der Waals surface area (Å²) in [4.78, 5) is 10.5. The number of nitrogens with zero attached hydrogens (tertiary/aromatic N) is 2. The van der Waals surface area contributed by atoms with Crippen LogP contribution in [0.15, 0.2) is 10.7 Å². The van der Waals surface area contributed by atoms with Gasteiger partial charge in [0.2, 0.25) is 0 Å². The van der Waals surface area contributed by atoms with Crippen molar-refractivity contribution in [3.63, 3.8) is 0 Å². The molecule has 13 heavy (non-hydrogen) atoms. The Morgan fingerprint density at radius 3 is 2.92 bits per heavy atom. The summed E-state index contributed by atoms with van der Waals surface area (Å²) in [5.74, 6) is -1.01. The summed E-state index contributed by atoms with van der Waals surface area (Å²) >= 11 is 3.26. The van der Waals surface area contributed by atoms with Crippen molar-refractivity contribution in [2.45, 2.75) is 12.5 Å². The van der Waals surface area contributed by atoms with Crippen molar-refractivity contribution in [1.29, 1.82) is 0 Å². The van der Waals surface area contributed by atoms with Crippen LogP contribution >= 0.6 is 15.9 Å². The van der Waals surface area contributed by atoms with Gasteiger partial charge < -0.3 is 10.8 Å². The first-order valence-electron chi connectivity index (χ1n) is 3.67. The topological polar surface area (TPSA) is 81.1 Å². The molecule has 1 atom stereocenters. The molecule has 1 heterocycles. The standard InChI is InChI=1S/C7H10BrN3O2/c1-11-6(4(8)3-10-11)2-5(9)7(12)13/h3,5H,2,9H2,1H3,(H,12,13)/t5-/m0/s1. The minimum atomic E-state index is -1.01. The number of carboxylic acids is 1. The Hall–Kier alpha value is -0.880. The number of aliphatic carboxylic acids is 1. The number of rotatable bonds is 3. The number of carbonyl (C=O) groups is 1. The van der Waals surface area contributed by atoms with E-state index in [2.05, 4.69) is 21.0 Å². The van der Waals surface area contributed by atoms with Crippen LogP contribution in [0.3, 0.4) is 0 Å². The zero-order valence-electron chi connectivity index (χ0n) is 7.07. The number of hydrogen-bond donors (Lipinski definition) is 2. The van der Waals surface area contributed by atoms with E-state index >= 15 is 0 Å². The molecule has 0 aliphatic heterocycles. The average Bonchev–Trinajstić information content (AvgIpc) is 2.35. The second-order valence-electron chi connectivity index (χ2n) is 2.71. The van der Waals surface area contributed by atoms with E-state index in [1.165, 1.54) is 0 Å². The van der Waals surface area contributed by atoms with Gasteiger partial charge in [-0.25, -0.2) is 0 Å². The van der Waals surface area contributed by atoms with E-state index in [0.29, 0.717) is 0 Å². The van der Waals surface area contributed by atoms with Gasteiger partial charge in [0, 0.05) is 13.5 Å². The number of hydrogen-bond acceptors (Lipinski definition) is 3. The fraction of sp³-hybridized carbons (Fsp3) is 0.429. The maximum atomic E-state index is 10.5. The molecule has 0 aromatic carbocycles. The van der Waals surface area contributed by atoms with Gasteiger partial charge in [-0.3, -0.25) is 9.48 Å². The average molecular weight is 248 g/mol. The summed E-state index contributed by atoms with van der Waals surface area (Å²) in [7, 11) is 1.74. The predicted octanol–water partition coefficient (Wildman–Crippen LogP) is 0.137. The molecule has 0 saturated carbocycles. The molecular formula is C7H10BrN3O2. The Morgan fingerprint density at radius 2 is 2.54 bits per heavy atom. The van der Waals surface area contributed by atoms with E-state index < -0.39 is 12.0 Å². The highest BCUT2D eigenvalue weighted by molar-refractivity contribution is 9.10. The molecule has 1 aromatic heterocycles. The van der Waals surface area contributed by atoms with Crippen LogP contribution in [-0.4, -0.2) is 26.9 Å². The third-order valence-electron chi connectivity index (χ3n) is 1.74. The van der Waals surface area contributed by atoms with Crippen molar-refractivity contribution in [2.24, 2.45) is 12.8 Å². The van der Waals surface area contributed by atoms with E-state index in [4.69, 9.17) is 10.8 Å². The molecule has 0 bridgehead atoms. The maximum absolute atomic E-state index is 10.5. The number of aromatic nitrogens is 2. The molecule has 72 valence electrons. The van der Waals surface area contributed by atoms with Crippen LogP contribution in [0.5, 0.6) is 0 Å². The van der Waals surface area contributed by atoms with Crippen LogP contribution in [0.4, 0.5) is 0 Å². The van der Waals surface area contributed by atoms with Gasteiger partial charge in [-0.1, -0.05) is 0 Å². The van der Waals surface area contributed by atoms with Gasteiger partial charge in [-0.2, -0.15) is 5.10 Å². The van der Waals surface area contributed by atoms with Gasteiger partial charge >= 0.3 is 5.97 Å². The Bertz CT molecular complexity index is 304. The number of carboxylic acid groups (broad SMARTS) is 1. The molecule has 5 nitrogen and oxygen atoms in total. The van der Waals surface area contributed by atoms with Crippen molar-refractivity contribution < 1.29 is 9.90 Å². The zero-order valence-corrected chi connectivity index (χ0v) is 8.65. The molecule has 0 radical (unpaired) electrons. The van der Waals surface area contributed by atoms with Gasteiger partial charge in [-0.05, 0) is 15.9 Å². The van der Waals surface area contributed by atoms with Crippen molar-refractivity contribution in [3.8, 4) is 0 Å². The molecular weight excluding hydrogens is 238 g/mol. The number of halogens is 1. The van der Waals surface area contributed by atoms with E-state index in [9.17, 15) is 4.79 Å². The smallest absolute Gasteiger partial charge is 0.320 e. The third-order valence-corrected chi connectivity index (χ3v) is 2.40. The molecule has 3 N–H and O–H groups in total. The molecule has 0 saturated heterocycles. The first kappa shape index (κ1) is 10.2. The Morgan fingerprint density at radius 1 is 1.92 bits per heavy atom. The SMILES string of the molecule is Cn1ncc(Br)c1C[C@H](N)C(=O)O. The zero-order chi connectivity index (χ0) is 10.0. The van der Waals surface area contributed by atoms with Crippen LogP contribution in [0, 0.1) is 0 Å². The molecule has 6 heteroatoms. The van der Waals surface area contributed by atoms with Crippen LogP contribution in [0.25, 0.3) is 0 Å². The fourth-order valence-electron chi connectivity index (χ4n) is 0.961. The Kier molecular flexibility index (Phi) is 3.05. The number of nitrogens with two attached hydrogens (primary N) is 1. The van der Waals surface area contributed by atoms with Gasteiger partial charge in [0.1, 0.15) is 6.04 Å². The lowest BCUT2D eigenvalue weighted by Crippen LogP contribution is -2.33. The summed E-state index contributed by atoms with van der Waals surface area (Å²) in [5.41, 5.74) is 6.17. The summed E-state index contributed by atoms with van der Waals surface area (Å²) in [6.07, 6.45) is 1.89. The van der Waals surface area contributed by atoms with Crippen LogP contribution in [0.1, 0.15) is 5.69 Å². The molecule has 0 spiro atoms. The lowest BCUT2D eigenvalue weighted by Gasteiger charge is -2.06. The van der Waals surface area contributed by atoms with Crippen molar-refractivity contribution >= 4 is 21.9 Å². The lowest BCUT2D eigenvalue weighted by atomic mass is 10.2. The molecule has 0 aliphatic carbocycles. The lowest BCUT2D eigenvalue weighted by molar-refractivity contribution is -0.138. The molecule has 1 rings (SSSR count). The quantitative estimate of drug-likeness (QED) is 0.797. The summed E-state index contributed by atoms with van der Waals surface area (Å²) in [6, 6.07) is -0.883. The second kappa shape index (κ2) is 3.89. The van der Waals surface area contributed by atoms with E-state index in [-0.39, 0.29) is 6.42 Å². The molecule has 0 fully saturated rings. The van der Waals surface area contributed by atoms with E-state index in [0.717, 1.165) is 10.2 Å². The summed E-state index contributed by atoms with van der Waals surface area (Å²) in [6.45, 7) is 0. The van der Waals surface area contributed by atoms with Crippen LogP contribution < -0.4 is 5.73 Å². The Labute approximate surface area is 83.7 Å². The summed E-state index contributed by atoms with van der Waals surface area (Å²) < 4.78 is 2.39. The van der Waals surface area contributed by atoms with Gasteiger partial charge in [-0.15, -0.1) is 0 Å².